The van der Waals surface area contributed by atoms with E-state index in [0.29, 0.717) is 16.9 Å². The molecule has 0 aliphatic rings. The molecule has 0 fully saturated rings. The maximum absolute atomic E-state index is 13.0. The van der Waals surface area contributed by atoms with Crippen LogP contribution in [0.3, 0.4) is 0 Å². The lowest BCUT2D eigenvalue weighted by atomic mass is 10.2. The summed E-state index contributed by atoms with van der Waals surface area (Å²) in [6, 6.07) is 8.43. The minimum atomic E-state index is -4.88. The number of sulfonamides is 1. The van der Waals surface area contributed by atoms with Gasteiger partial charge < -0.3 is 10.1 Å². The van der Waals surface area contributed by atoms with Crippen molar-refractivity contribution >= 4 is 44.0 Å². The summed E-state index contributed by atoms with van der Waals surface area (Å²) in [6.07, 6.45) is -4.01. The predicted octanol–water partition coefficient (Wildman–Crippen LogP) is 4.57. The third-order valence-electron chi connectivity index (χ3n) is 3.80. The van der Waals surface area contributed by atoms with E-state index >= 15 is 0 Å². The number of carbonyl (C=O) groups excluding carboxylic acids is 1. The van der Waals surface area contributed by atoms with E-state index in [1.54, 1.807) is 0 Å². The summed E-state index contributed by atoms with van der Waals surface area (Å²) >= 11 is 6.28. The lowest BCUT2D eigenvalue weighted by molar-refractivity contribution is -0.274. The second-order valence-corrected chi connectivity index (χ2v) is 9.17. The zero-order chi connectivity index (χ0) is 23.5. The van der Waals surface area contributed by atoms with Gasteiger partial charge in [-0.3, -0.25) is 9.52 Å². The Morgan fingerprint density at radius 1 is 1.16 bits per heavy atom. The van der Waals surface area contributed by atoms with Gasteiger partial charge in [-0.25, -0.2) is 13.4 Å². The van der Waals surface area contributed by atoms with Crippen LogP contribution in [0, 0.1) is 5.13 Å². The maximum Gasteiger partial charge on any atom is 0.573 e. The molecule has 0 spiro atoms. The first-order chi connectivity index (χ1) is 14.9. The van der Waals surface area contributed by atoms with Gasteiger partial charge in [0, 0.05) is 12.1 Å². The number of carbonyl (C=O) groups is 1. The van der Waals surface area contributed by atoms with Crippen molar-refractivity contribution < 1.29 is 35.5 Å². The number of anilines is 1. The molecule has 1 heterocycles. The average Bonchev–Trinajstić information content (AvgIpc) is 3.11. The second kappa shape index (κ2) is 9.30. The Kier molecular flexibility index (Phi) is 6.91. The highest BCUT2D eigenvalue weighted by Crippen LogP contribution is 2.30. The SMILES string of the molecule is O=C(NCc1ccc(OC(F)(F)F)c(Cl)c1)c1ccc(S(=O)(=O)Nc2ncc(F)s2)cc1. The molecule has 0 bridgehead atoms. The van der Waals surface area contributed by atoms with E-state index in [-0.39, 0.29) is 27.2 Å². The fourth-order valence-electron chi connectivity index (χ4n) is 2.41. The van der Waals surface area contributed by atoms with Gasteiger partial charge in [-0.15, -0.1) is 13.2 Å². The summed E-state index contributed by atoms with van der Waals surface area (Å²) in [6.45, 7) is -0.0535. The maximum atomic E-state index is 13.0. The Morgan fingerprint density at radius 3 is 2.41 bits per heavy atom. The molecule has 0 saturated carbocycles. The highest BCUT2D eigenvalue weighted by atomic mass is 35.5. The van der Waals surface area contributed by atoms with Crippen LogP contribution in [-0.4, -0.2) is 25.7 Å². The molecule has 2 aromatic carbocycles. The molecule has 14 heteroatoms. The van der Waals surface area contributed by atoms with E-state index in [1.807, 2.05) is 0 Å². The molecule has 1 aromatic heterocycles. The minimum absolute atomic E-state index is 0.0535. The van der Waals surface area contributed by atoms with E-state index in [0.717, 1.165) is 12.3 Å². The fraction of sp³-hybridized carbons (Fsp3) is 0.111. The molecule has 7 nitrogen and oxygen atoms in total. The van der Waals surface area contributed by atoms with Crippen molar-refractivity contribution in [2.45, 2.75) is 17.8 Å². The number of thiazole rings is 1. The van der Waals surface area contributed by atoms with Gasteiger partial charge in [0.1, 0.15) is 5.75 Å². The van der Waals surface area contributed by atoms with E-state index in [4.69, 9.17) is 11.6 Å². The molecule has 0 aliphatic carbocycles. The molecule has 32 heavy (non-hydrogen) atoms. The third kappa shape index (κ3) is 6.31. The number of aromatic nitrogens is 1. The van der Waals surface area contributed by atoms with Crippen LogP contribution < -0.4 is 14.8 Å². The average molecular weight is 510 g/mol. The van der Waals surface area contributed by atoms with Crippen molar-refractivity contribution in [1.82, 2.24) is 10.3 Å². The molecular formula is C18H12ClF4N3O4S2. The number of benzene rings is 2. The Balaban J connectivity index is 1.62. The number of alkyl halides is 3. The van der Waals surface area contributed by atoms with Gasteiger partial charge in [-0.2, -0.15) is 4.39 Å². The quantitative estimate of drug-likeness (QED) is 0.455. The van der Waals surface area contributed by atoms with Crippen molar-refractivity contribution in [2.24, 2.45) is 0 Å². The van der Waals surface area contributed by atoms with Crippen LogP contribution in [0.5, 0.6) is 5.75 Å². The van der Waals surface area contributed by atoms with Gasteiger partial charge in [0.25, 0.3) is 15.9 Å². The molecule has 2 N–H and O–H groups in total. The Morgan fingerprint density at radius 2 is 1.84 bits per heavy atom. The molecule has 170 valence electrons. The first-order valence-electron chi connectivity index (χ1n) is 8.49. The Labute approximate surface area is 188 Å². The van der Waals surface area contributed by atoms with Crippen LogP contribution in [0.25, 0.3) is 0 Å². The molecule has 0 radical (unpaired) electrons. The first-order valence-corrected chi connectivity index (χ1v) is 11.2. The van der Waals surface area contributed by atoms with Gasteiger partial charge in [0.15, 0.2) is 10.3 Å². The number of amides is 1. The number of halogens is 5. The van der Waals surface area contributed by atoms with Crippen molar-refractivity contribution in [2.75, 3.05) is 4.72 Å². The zero-order valence-electron chi connectivity index (χ0n) is 15.6. The van der Waals surface area contributed by atoms with Crippen molar-refractivity contribution in [1.29, 1.82) is 0 Å². The topological polar surface area (TPSA) is 97.4 Å². The zero-order valence-corrected chi connectivity index (χ0v) is 18.0. The molecule has 3 aromatic rings. The van der Waals surface area contributed by atoms with Crippen molar-refractivity contribution in [3.05, 3.63) is 69.9 Å². The highest BCUT2D eigenvalue weighted by Gasteiger charge is 2.32. The molecule has 0 unspecified atom stereocenters. The summed E-state index contributed by atoms with van der Waals surface area (Å²) in [5, 5.41) is 1.46. The number of hydrogen-bond donors (Lipinski definition) is 2. The van der Waals surface area contributed by atoms with Crippen LogP contribution in [-0.2, 0) is 16.6 Å². The molecule has 0 saturated heterocycles. The van der Waals surface area contributed by atoms with Gasteiger partial charge in [0.05, 0.1) is 16.1 Å². The largest absolute Gasteiger partial charge is 0.573 e. The number of hydrogen-bond acceptors (Lipinski definition) is 6. The third-order valence-corrected chi connectivity index (χ3v) is 6.28. The predicted molar refractivity (Wildman–Crippen MR) is 109 cm³/mol. The molecule has 0 atom stereocenters. The summed E-state index contributed by atoms with van der Waals surface area (Å²) in [5.74, 6) is -1.13. The van der Waals surface area contributed by atoms with Gasteiger partial charge in [0.2, 0.25) is 0 Å². The van der Waals surface area contributed by atoms with Gasteiger partial charge in [-0.05, 0) is 42.0 Å². The second-order valence-electron chi connectivity index (χ2n) is 6.09. The van der Waals surface area contributed by atoms with Crippen LogP contribution in [0.15, 0.2) is 53.6 Å². The minimum Gasteiger partial charge on any atom is -0.404 e. The van der Waals surface area contributed by atoms with Crippen molar-refractivity contribution in [3.63, 3.8) is 0 Å². The smallest absolute Gasteiger partial charge is 0.404 e. The fourth-order valence-corrected chi connectivity index (χ4v) is 4.43. The highest BCUT2D eigenvalue weighted by molar-refractivity contribution is 7.93. The number of ether oxygens (including phenoxy) is 1. The van der Waals surface area contributed by atoms with E-state index < -0.39 is 33.2 Å². The summed E-state index contributed by atoms with van der Waals surface area (Å²) in [7, 11) is -4.03. The van der Waals surface area contributed by atoms with E-state index in [9.17, 15) is 30.8 Å². The van der Waals surface area contributed by atoms with Crippen LogP contribution in [0.2, 0.25) is 5.02 Å². The van der Waals surface area contributed by atoms with Gasteiger partial charge >= 0.3 is 6.36 Å². The summed E-state index contributed by atoms with van der Waals surface area (Å²) in [4.78, 5) is 15.7. The molecule has 1 amide bonds. The Bertz CT molecular complexity index is 1230. The van der Waals surface area contributed by atoms with E-state index in [1.165, 1.54) is 36.4 Å². The lowest BCUT2D eigenvalue weighted by Crippen LogP contribution is -2.23. The van der Waals surface area contributed by atoms with Crippen LogP contribution in [0.1, 0.15) is 15.9 Å². The first kappa shape index (κ1) is 23.8. The summed E-state index contributed by atoms with van der Waals surface area (Å²) in [5.41, 5.74) is 0.546. The van der Waals surface area contributed by atoms with Crippen molar-refractivity contribution in [3.8, 4) is 5.75 Å². The molecule has 0 aliphatic heterocycles. The number of rotatable bonds is 7. The monoisotopic (exact) mass is 509 g/mol. The van der Waals surface area contributed by atoms with Crippen LogP contribution in [0.4, 0.5) is 22.7 Å². The molecular weight excluding hydrogens is 498 g/mol. The number of nitrogens with zero attached hydrogens (tertiary/aromatic N) is 1. The normalized spacial score (nSPS) is 11.8. The molecule has 3 rings (SSSR count). The number of nitrogens with one attached hydrogen (secondary N) is 2. The lowest BCUT2D eigenvalue weighted by Gasteiger charge is -2.12. The standard InChI is InChI=1S/C18H12ClF4N3O4S2/c19-13-7-10(1-6-14(13)30-18(21,22)23)8-24-16(27)11-2-4-12(5-3-11)32(28,29)26-17-25-9-15(20)31-17/h1-7,9H,8H2,(H,24,27)(H,25,26). The van der Waals surface area contributed by atoms with E-state index in [2.05, 4.69) is 19.8 Å². The summed E-state index contributed by atoms with van der Waals surface area (Å²) < 4.78 is 80.3. The van der Waals surface area contributed by atoms with Gasteiger partial charge in [-0.1, -0.05) is 29.0 Å². The van der Waals surface area contributed by atoms with Crippen LogP contribution >= 0.6 is 22.9 Å². The Hall–Kier alpha value is -2.90.